The van der Waals surface area contributed by atoms with Crippen LogP contribution in [0.3, 0.4) is 0 Å². The van der Waals surface area contributed by atoms with E-state index in [1.807, 2.05) is 6.07 Å². The van der Waals surface area contributed by atoms with E-state index in [9.17, 15) is 4.39 Å². The maximum atomic E-state index is 13.7. The number of para-hydroxylation sites is 1. The van der Waals surface area contributed by atoms with Crippen LogP contribution < -0.4 is 10.1 Å². The van der Waals surface area contributed by atoms with Gasteiger partial charge < -0.3 is 10.1 Å². The molecule has 1 aromatic rings. The first-order chi connectivity index (χ1) is 8.65. The molecule has 0 aliphatic carbocycles. The number of benzene rings is 1. The zero-order valence-corrected chi connectivity index (χ0v) is 11.6. The molecule has 0 heterocycles. The Hall–Kier alpha value is -1.09. The van der Waals surface area contributed by atoms with Gasteiger partial charge in [-0.05, 0) is 12.5 Å². The normalized spacial score (nSPS) is 10.9. The molecule has 102 valence electrons. The molecule has 0 unspecified atom stereocenters. The fourth-order valence-corrected chi connectivity index (χ4v) is 1.69. The van der Waals surface area contributed by atoms with Crippen LogP contribution in [0.15, 0.2) is 18.2 Å². The third kappa shape index (κ3) is 5.05. The van der Waals surface area contributed by atoms with Gasteiger partial charge in [-0.25, -0.2) is 4.39 Å². The Kier molecular flexibility index (Phi) is 6.73. The van der Waals surface area contributed by atoms with E-state index in [1.54, 1.807) is 6.07 Å². The molecule has 2 nitrogen and oxygen atoms in total. The summed E-state index contributed by atoms with van der Waals surface area (Å²) in [6, 6.07) is 5.47. The Labute approximate surface area is 110 Å². The first-order valence-corrected chi connectivity index (χ1v) is 6.78. The van der Waals surface area contributed by atoms with Crippen LogP contribution in [-0.2, 0) is 6.54 Å². The van der Waals surface area contributed by atoms with Crippen LogP contribution in [0, 0.1) is 5.82 Å². The van der Waals surface area contributed by atoms with Crippen molar-refractivity contribution in [2.24, 2.45) is 0 Å². The molecule has 0 fully saturated rings. The van der Waals surface area contributed by atoms with Gasteiger partial charge in [0, 0.05) is 18.2 Å². The molecule has 1 rings (SSSR count). The smallest absolute Gasteiger partial charge is 0.165 e. The zero-order valence-electron chi connectivity index (χ0n) is 11.6. The molecular weight excluding hydrogens is 229 g/mol. The summed E-state index contributed by atoms with van der Waals surface area (Å²) in [4.78, 5) is 0. The topological polar surface area (TPSA) is 21.3 Å². The SMILES string of the molecule is CCCCCOc1c(F)cccc1CNC(C)C. The van der Waals surface area contributed by atoms with Crippen LogP contribution in [-0.4, -0.2) is 12.6 Å². The second-order valence-electron chi connectivity index (χ2n) is 4.82. The van der Waals surface area contributed by atoms with Gasteiger partial charge in [0.1, 0.15) is 0 Å². The van der Waals surface area contributed by atoms with Crippen LogP contribution in [0.1, 0.15) is 45.6 Å². The Morgan fingerprint density at radius 2 is 2.06 bits per heavy atom. The highest BCUT2D eigenvalue weighted by Gasteiger charge is 2.09. The quantitative estimate of drug-likeness (QED) is 0.710. The van der Waals surface area contributed by atoms with Gasteiger partial charge in [0.05, 0.1) is 6.61 Å². The Balaban J connectivity index is 2.62. The molecular formula is C15H24FNO. The van der Waals surface area contributed by atoms with Gasteiger partial charge in [-0.2, -0.15) is 0 Å². The highest BCUT2D eigenvalue weighted by molar-refractivity contribution is 5.34. The number of hydrogen-bond donors (Lipinski definition) is 1. The summed E-state index contributed by atoms with van der Waals surface area (Å²) in [5.41, 5.74) is 0.889. The predicted octanol–water partition coefficient (Wildman–Crippen LogP) is 3.89. The van der Waals surface area contributed by atoms with E-state index in [-0.39, 0.29) is 5.82 Å². The summed E-state index contributed by atoms with van der Waals surface area (Å²) in [7, 11) is 0. The van der Waals surface area contributed by atoms with Gasteiger partial charge in [0.2, 0.25) is 0 Å². The second-order valence-corrected chi connectivity index (χ2v) is 4.82. The molecule has 0 saturated carbocycles. The standard InChI is InChI=1S/C15H24FNO/c1-4-5-6-10-18-15-13(11-17-12(2)3)8-7-9-14(15)16/h7-9,12,17H,4-6,10-11H2,1-3H3. The summed E-state index contributed by atoms with van der Waals surface area (Å²) in [6.07, 6.45) is 3.23. The Morgan fingerprint density at radius 1 is 1.28 bits per heavy atom. The second kappa shape index (κ2) is 8.09. The minimum absolute atomic E-state index is 0.269. The fourth-order valence-electron chi connectivity index (χ4n) is 1.69. The minimum Gasteiger partial charge on any atom is -0.490 e. The van der Waals surface area contributed by atoms with Crippen molar-refractivity contribution in [1.29, 1.82) is 0 Å². The largest absolute Gasteiger partial charge is 0.490 e. The lowest BCUT2D eigenvalue weighted by Crippen LogP contribution is -2.22. The molecule has 0 aliphatic heterocycles. The zero-order chi connectivity index (χ0) is 13.4. The summed E-state index contributed by atoms with van der Waals surface area (Å²) < 4.78 is 19.3. The summed E-state index contributed by atoms with van der Waals surface area (Å²) in [5, 5.41) is 3.28. The van der Waals surface area contributed by atoms with E-state index in [1.165, 1.54) is 6.07 Å². The molecule has 0 aliphatic rings. The molecule has 3 heteroatoms. The molecule has 0 aromatic heterocycles. The van der Waals surface area contributed by atoms with Crippen molar-refractivity contribution in [3.63, 3.8) is 0 Å². The fraction of sp³-hybridized carbons (Fsp3) is 0.600. The number of nitrogens with one attached hydrogen (secondary N) is 1. The lowest BCUT2D eigenvalue weighted by molar-refractivity contribution is 0.287. The number of hydrogen-bond acceptors (Lipinski definition) is 2. The monoisotopic (exact) mass is 253 g/mol. The van der Waals surface area contributed by atoms with E-state index in [2.05, 4.69) is 26.1 Å². The van der Waals surface area contributed by atoms with Crippen molar-refractivity contribution in [2.75, 3.05) is 6.61 Å². The molecule has 0 saturated heterocycles. The first-order valence-electron chi connectivity index (χ1n) is 6.78. The number of unbranched alkanes of at least 4 members (excludes halogenated alkanes) is 2. The summed E-state index contributed by atoms with van der Waals surface area (Å²) in [5.74, 6) is 0.135. The molecule has 0 radical (unpaired) electrons. The third-order valence-electron chi connectivity index (χ3n) is 2.74. The van der Waals surface area contributed by atoms with Crippen molar-refractivity contribution in [3.8, 4) is 5.75 Å². The van der Waals surface area contributed by atoms with Crippen LogP contribution in [0.4, 0.5) is 4.39 Å². The average molecular weight is 253 g/mol. The first kappa shape index (κ1) is 15.0. The highest BCUT2D eigenvalue weighted by Crippen LogP contribution is 2.23. The molecule has 1 N–H and O–H groups in total. The Morgan fingerprint density at radius 3 is 2.72 bits per heavy atom. The van der Waals surface area contributed by atoms with Gasteiger partial charge >= 0.3 is 0 Å². The van der Waals surface area contributed by atoms with E-state index >= 15 is 0 Å². The van der Waals surface area contributed by atoms with Crippen LogP contribution in [0.2, 0.25) is 0 Å². The van der Waals surface area contributed by atoms with Gasteiger partial charge in [0.25, 0.3) is 0 Å². The van der Waals surface area contributed by atoms with Crippen molar-refractivity contribution in [3.05, 3.63) is 29.6 Å². The van der Waals surface area contributed by atoms with Crippen molar-refractivity contribution >= 4 is 0 Å². The van der Waals surface area contributed by atoms with Gasteiger partial charge in [-0.1, -0.05) is 45.7 Å². The highest BCUT2D eigenvalue weighted by atomic mass is 19.1. The predicted molar refractivity (Wildman–Crippen MR) is 73.4 cm³/mol. The summed E-state index contributed by atoms with van der Waals surface area (Å²) in [6.45, 7) is 7.51. The minimum atomic E-state index is -0.269. The van der Waals surface area contributed by atoms with Crippen molar-refractivity contribution < 1.29 is 9.13 Å². The lowest BCUT2D eigenvalue weighted by atomic mass is 10.2. The summed E-state index contributed by atoms with van der Waals surface area (Å²) >= 11 is 0. The number of ether oxygens (including phenoxy) is 1. The van der Waals surface area contributed by atoms with Crippen molar-refractivity contribution in [2.45, 2.75) is 52.6 Å². The number of rotatable bonds is 8. The van der Waals surface area contributed by atoms with Gasteiger partial charge in [-0.3, -0.25) is 0 Å². The molecule has 0 atom stereocenters. The maximum Gasteiger partial charge on any atom is 0.165 e. The van der Waals surface area contributed by atoms with Crippen molar-refractivity contribution in [1.82, 2.24) is 5.32 Å². The van der Waals surface area contributed by atoms with Crippen LogP contribution >= 0.6 is 0 Å². The average Bonchev–Trinajstić information content (AvgIpc) is 2.34. The maximum absolute atomic E-state index is 13.7. The molecule has 0 amide bonds. The van der Waals surface area contributed by atoms with Gasteiger partial charge in [-0.15, -0.1) is 0 Å². The van der Waals surface area contributed by atoms with E-state index < -0.39 is 0 Å². The molecule has 1 aromatic carbocycles. The molecule has 0 spiro atoms. The van der Waals surface area contributed by atoms with E-state index in [0.717, 1.165) is 24.8 Å². The number of halogens is 1. The van der Waals surface area contributed by atoms with E-state index in [4.69, 9.17) is 4.74 Å². The molecule has 0 bridgehead atoms. The lowest BCUT2D eigenvalue weighted by Gasteiger charge is -2.14. The van der Waals surface area contributed by atoms with Crippen LogP contribution in [0.25, 0.3) is 0 Å². The third-order valence-corrected chi connectivity index (χ3v) is 2.74. The molecule has 18 heavy (non-hydrogen) atoms. The van der Waals surface area contributed by atoms with E-state index in [0.29, 0.717) is 24.9 Å². The van der Waals surface area contributed by atoms with Gasteiger partial charge in [0.15, 0.2) is 11.6 Å². The van der Waals surface area contributed by atoms with Crippen LogP contribution in [0.5, 0.6) is 5.75 Å². The Bertz CT molecular complexity index is 352.